The third kappa shape index (κ3) is 6.19. The third-order valence-electron chi connectivity index (χ3n) is 3.02. The summed E-state index contributed by atoms with van der Waals surface area (Å²) in [6.45, 7) is 4.86. The fraction of sp³-hybridized carbons (Fsp3) is 0.750. The van der Waals surface area contributed by atoms with Crippen molar-refractivity contribution in [3.63, 3.8) is 0 Å². The van der Waals surface area contributed by atoms with Crippen LogP contribution < -0.4 is 10.6 Å². The second kappa shape index (κ2) is 7.73. The first-order valence-electron chi connectivity index (χ1n) is 6.46. The molecule has 0 atom stereocenters. The summed E-state index contributed by atoms with van der Waals surface area (Å²) in [4.78, 5) is 37.8. The van der Waals surface area contributed by atoms with Gasteiger partial charge in [-0.05, 0) is 7.05 Å². The van der Waals surface area contributed by atoms with E-state index in [2.05, 4.69) is 15.5 Å². The molecule has 3 amide bonds. The van der Waals surface area contributed by atoms with Crippen LogP contribution in [-0.2, 0) is 14.4 Å². The van der Waals surface area contributed by atoms with Gasteiger partial charge < -0.3 is 20.4 Å². The fourth-order valence-electron chi connectivity index (χ4n) is 1.78. The van der Waals surface area contributed by atoms with Crippen LogP contribution in [-0.4, -0.2) is 73.8 Å². The molecule has 1 fully saturated rings. The summed E-state index contributed by atoms with van der Waals surface area (Å²) < 4.78 is 0. The van der Waals surface area contributed by atoms with Crippen LogP contribution in [0.3, 0.4) is 0 Å². The van der Waals surface area contributed by atoms with Gasteiger partial charge in [0, 0.05) is 46.1 Å². The Morgan fingerprint density at radius 2 is 1.68 bits per heavy atom. The number of carbonyl (C=O) groups excluding carboxylic acids is 3. The molecule has 0 saturated carbocycles. The molecule has 7 heteroatoms. The van der Waals surface area contributed by atoms with Crippen LogP contribution in [0.4, 0.5) is 0 Å². The monoisotopic (exact) mass is 270 g/mol. The van der Waals surface area contributed by atoms with E-state index in [1.165, 1.54) is 6.92 Å². The lowest BCUT2D eigenvalue weighted by Crippen LogP contribution is -2.50. The van der Waals surface area contributed by atoms with Gasteiger partial charge in [-0.1, -0.05) is 0 Å². The van der Waals surface area contributed by atoms with Crippen LogP contribution in [0.2, 0.25) is 0 Å². The van der Waals surface area contributed by atoms with Crippen molar-refractivity contribution >= 4 is 17.7 Å². The Bertz CT molecular complexity index is 338. The Morgan fingerprint density at radius 1 is 1.05 bits per heavy atom. The lowest BCUT2D eigenvalue weighted by molar-refractivity contribution is -0.134. The molecule has 0 unspecified atom stereocenters. The predicted molar refractivity (Wildman–Crippen MR) is 70.4 cm³/mol. The van der Waals surface area contributed by atoms with Crippen LogP contribution in [0.25, 0.3) is 0 Å². The van der Waals surface area contributed by atoms with Gasteiger partial charge >= 0.3 is 0 Å². The number of hydrogen-bond donors (Lipinski definition) is 2. The highest BCUT2D eigenvalue weighted by molar-refractivity contribution is 5.85. The second-order valence-corrected chi connectivity index (χ2v) is 4.69. The zero-order valence-electron chi connectivity index (χ0n) is 11.6. The van der Waals surface area contributed by atoms with E-state index in [9.17, 15) is 14.4 Å². The zero-order chi connectivity index (χ0) is 14.3. The molecular weight excluding hydrogens is 248 g/mol. The van der Waals surface area contributed by atoms with E-state index < -0.39 is 0 Å². The summed E-state index contributed by atoms with van der Waals surface area (Å²) in [5, 5.41) is 5.10. The van der Waals surface area contributed by atoms with E-state index >= 15 is 0 Å². The molecule has 1 aliphatic heterocycles. The quantitative estimate of drug-likeness (QED) is 0.630. The molecule has 1 saturated heterocycles. The molecule has 0 aromatic rings. The number of piperazine rings is 1. The maximum Gasteiger partial charge on any atom is 0.242 e. The molecule has 7 nitrogen and oxygen atoms in total. The summed E-state index contributed by atoms with van der Waals surface area (Å²) in [6.07, 6.45) is 0.190. The number of likely N-dealkylation sites (N-methyl/N-ethyl adjacent to an activating group) is 1. The smallest absolute Gasteiger partial charge is 0.242 e. The molecule has 19 heavy (non-hydrogen) atoms. The standard InChI is InChI=1S/C12H22N4O3/c1-10(17)13-4-3-11(18)14-9-12(19)16-7-5-15(2)6-8-16/h3-9H2,1-2H3,(H,13,17)(H,14,18). The SMILES string of the molecule is CC(=O)NCCC(=O)NCC(=O)N1CCN(C)CC1. The third-order valence-corrected chi connectivity index (χ3v) is 3.02. The van der Waals surface area contributed by atoms with Gasteiger partial charge in [-0.2, -0.15) is 0 Å². The Balaban J connectivity index is 2.15. The average molecular weight is 270 g/mol. The van der Waals surface area contributed by atoms with Crippen molar-refractivity contribution in [1.82, 2.24) is 20.4 Å². The van der Waals surface area contributed by atoms with E-state index in [4.69, 9.17) is 0 Å². The molecule has 0 aliphatic carbocycles. The molecule has 0 bridgehead atoms. The molecule has 0 radical (unpaired) electrons. The van der Waals surface area contributed by atoms with Gasteiger partial charge in [0.2, 0.25) is 17.7 Å². The molecule has 1 aliphatic rings. The predicted octanol–water partition coefficient (Wildman–Crippen LogP) is -1.60. The van der Waals surface area contributed by atoms with Crippen LogP contribution >= 0.6 is 0 Å². The topological polar surface area (TPSA) is 81.8 Å². The van der Waals surface area contributed by atoms with Gasteiger partial charge in [0.05, 0.1) is 6.54 Å². The van der Waals surface area contributed by atoms with Gasteiger partial charge in [-0.3, -0.25) is 14.4 Å². The lowest BCUT2D eigenvalue weighted by atomic mass is 10.3. The summed E-state index contributed by atoms with van der Waals surface area (Å²) in [5.41, 5.74) is 0. The summed E-state index contributed by atoms with van der Waals surface area (Å²) in [5.74, 6) is -0.446. The first-order valence-corrected chi connectivity index (χ1v) is 6.46. The largest absolute Gasteiger partial charge is 0.356 e. The maximum atomic E-state index is 11.8. The van der Waals surface area contributed by atoms with E-state index in [0.29, 0.717) is 19.6 Å². The minimum atomic E-state index is -0.226. The number of hydrogen-bond acceptors (Lipinski definition) is 4. The molecule has 2 N–H and O–H groups in total. The van der Waals surface area contributed by atoms with Crippen molar-refractivity contribution in [1.29, 1.82) is 0 Å². The Hall–Kier alpha value is -1.63. The second-order valence-electron chi connectivity index (χ2n) is 4.69. The van der Waals surface area contributed by atoms with Crippen molar-refractivity contribution in [3.8, 4) is 0 Å². The Kier molecular flexibility index (Phi) is 6.27. The number of amides is 3. The molecular formula is C12H22N4O3. The molecule has 1 heterocycles. The highest BCUT2D eigenvalue weighted by Gasteiger charge is 2.18. The summed E-state index contributed by atoms with van der Waals surface area (Å²) >= 11 is 0. The van der Waals surface area contributed by atoms with E-state index in [0.717, 1.165) is 13.1 Å². The summed E-state index contributed by atoms with van der Waals surface area (Å²) in [7, 11) is 2.02. The van der Waals surface area contributed by atoms with Crippen LogP contribution in [0.1, 0.15) is 13.3 Å². The summed E-state index contributed by atoms with van der Waals surface area (Å²) in [6, 6.07) is 0. The number of nitrogens with zero attached hydrogens (tertiary/aromatic N) is 2. The Labute approximate surface area is 113 Å². The molecule has 0 aromatic carbocycles. The maximum absolute atomic E-state index is 11.8. The van der Waals surface area contributed by atoms with Crippen molar-refractivity contribution in [2.45, 2.75) is 13.3 Å². The van der Waals surface area contributed by atoms with Crippen LogP contribution in [0.5, 0.6) is 0 Å². The number of rotatable bonds is 5. The minimum Gasteiger partial charge on any atom is -0.356 e. The normalized spacial score (nSPS) is 16.0. The van der Waals surface area contributed by atoms with Gasteiger partial charge in [0.15, 0.2) is 0 Å². The van der Waals surface area contributed by atoms with Crippen LogP contribution in [0, 0.1) is 0 Å². The van der Waals surface area contributed by atoms with Gasteiger partial charge in [0.1, 0.15) is 0 Å². The van der Waals surface area contributed by atoms with Gasteiger partial charge in [-0.15, -0.1) is 0 Å². The van der Waals surface area contributed by atoms with Crippen LogP contribution in [0.15, 0.2) is 0 Å². The van der Waals surface area contributed by atoms with E-state index in [-0.39, 0.29) is 30.7 Å². The lowest BCUT2D eigenvalue weighted by Gasteiger charge is -2.32. The van der Waals surface area contributed by atoms with Crippen molar-refractivity contribution in [3.05, 3.63) is 0 Å². The molecule has 108 valence electrons. The molecule has 0 spiro atoms. The van der Waals surface area contributed by atoms with E-state index in [1.54, 1.807) is 4.90 Å². The Morgan fingerprint density at radius 3 is 2.26 bits per heavy atom. The average Bonchev–Trinajstić information content (AvgIpc) is 2.36. The first kappa shape index (κ1) is 15.4. The zero-order valence-corrected chi connectivity index (χ0v) is 11.6. The highest BCUT2D eigenvalue weighted by Crippen LogP contribution is 1.98. The van der Waals surface area contributed by atoms with Gasteiger partial charge in [-0.25, -0.2) is 0 Å². The van der Waals surface area contributed by atoms with Crippen molar-refractivity contribution < 1.29 is 14.4 Å². The fourth-order valence-corrected chi connectivity index (χ4v) is 1.78. The highest BCUT2D eigenvalue weighted by atomic mass is 16.2. The minimum absolute atomic E-state index is 0.0304. The van der Waals surface area contributed by atoms with Crippen molar-refractivity contribution in [2.75, 3.05) is 46.3 Å². The number of nitrogens with one attached hydrogen (secondary N) is 2. The van der Waals surface area contributed by atoms with E-state index in [1.807, 2.05) is 7.05 Å². The molecule has 0 aromatic heterocycles. The molecule has 1 rings (SSSR count). The number of carbonyl (C=O) groups is 3. The van der Waals surface area contributed by atoms with Gasteiger partial charge in [0.25, 0.3) is 0 Å². The first-order chi connectivity index (χ1) is 8.99. The van der Waals surface area contributed by atoms with Crippen molar-refractivity contribution in [2.24, 2.45) is 0 Å².